The van der Waals surface area contributed by atoms with Gasteiger partial charge in [-0.3, -0.25) is 9.69 Å². The van der Waals surface area contributed by atoms with Gasteiger partial charge in [0.2, 0.25) is 5.91 Å². The zero-order chi connectivity index (χ0) is 22.9. The van der Waals surface area contributed by atoms with Crippen LogP contribution >= 0.6 is 11.6 Å². The SMILES string of the molecule is CCCN(C(=O)O)c1ccc(N2CCC[C@]3(CCN([C@H]4CC[C@H](O)CC4)C3=O)C2)c(Cl)c1. The molecule has 0 bridgehead atoms. The molecule has 0 unspecified atom stereocenters. The lowest BCUT2D eigenvalue weighted by molar-refractivity contribution is -0.139. The second-order valence-electron chi connectivity index (χ2n) is 9.59. The first-order valence-electron chi connectivity index (χ1n) is 11.9. The van der Waals surface area contributed by atoms with Crippen LogP contribution in [0.25, 0.3) is 0 Å². The summed E-state index contributed by atoms with van der Waals surface area (Å²) in [5, 5.41) is 19.8. The summed E-state index contributed by atoms with van der Waals surface area (Å²) in [6.07, 6.45) is 5.53. The first-order chi connectivity index (χ1) is 15.3. The fourth-order valence-electron chi connectivity index (χ4n) is 5.76. The van der Waals surface area contributed by atoms with Gasteiger partial charge in [-0.05, 0) is 69.6 Å². The van der Waals surface area contributed by atoms with Crippen molar-refractivity contribution in [3.05, 3.63) is 23.2 Å². The lowest BCUT2D eigenvalue weighted by Crippen LogP contribution is -2.50. The molecule has 3 aliphatic rings. The molecule has 3 fully saturated rings. The topological polar surface area (TPSA) is 84.3 Å². The van der Waals surface area contributed by atoms with E-state index in [2.05, 4.69) is 9.80 Å². The van der Waals surface area contributed by atoms with Gasteiger partial charge in [0.05, 0.1) is 22.2 Å². The Kier molecular flexibility index (Phi) is 6.86. The number of hydrogen-bond donors (Lipinski definition) is 2. The molecule has 0 aromatic heterocycles. The number of benzene rings is 1. The van der Waals surface area contributed by atoms with E-state index in [-0.39, 0.29) is 23.5 Å². The largest absolute Gasteiger partial charge is 0.465 e. The molecule has 1 saturated carbocycles. The van der Waals surface area contributed by atoms with E-state index in [4.69, 9.17) is 11.6 Å². The van der Waals surface area contributed by atoms with E-state index in [1.165, 1.54) is 4.90 Å². The zero-order valence-electron chi connectivity index (χ0n) is 18.8. The number of anilines is 2. The second kappa shape index (κ2) is 9.48. The van der Waals surface area contributed by atoms with Crippen LogP contribution in [0.15, 0.2) is 18.2 Å². The van der Waals surface area contributed by atoms with Gasteiger partial charge >= 0.3 is 6.09 Å². The molecule has 1 spiro atoms. The number of halogens is 1. The Morgan fingerprint density at radius 2 is 1.97 bits per heavy atom. The molecule has 1 aromatic carbocycles. The van der Waals surface area contributed by atoms with Crippen molar-refractivity contribution in [1.82, 2.24) is 4.90 Å². The Hall–Kier alpha value is -1.99. The summed E-state index contributed by atoms with van der Waals surface area (Å²) >= 11 is 6.63. The number of likely N-dealkylation sites (tertiary alicyclic amines) is 1. The molecule has 2 N–H and O–H groups in total. The third kappa shape index (κ3) is 4.42. The molecule has 1 aliphatic carbocycles. The van der Waals surface area contributed by atoms with Crippen LogP contribution < -0.4 is 9.80 Å². The summed E-state index contributed by atoms with van der Waals surface area (Å²) < 4.78 is 0. The maximum Gasteiger partial charge on any atom is 0.411 e. The standard InChI is InChI=1S/C24H34ClN3O4/c1-2-12-28(23(31)32)18-6-9-21(20(25)15-18)26-13-3-10-24(16-26)11-14-27(22(24)30)17-4-7-19(29)8-5-17/h6,9,15,17,19,29H,2-5,7-8,10-14,16H2,1H3,(H,31,32)/t17-,19-,24-/m0/s1. The molecular weight excluding hydrogens is 430 g/mol. The summed E-state index contributed by atoms with van der Waals surface area (Å²) in [7, 11) is 0. The highest BCUT2D eigenvalue weighted by Gasteiger charge is 2.50. The van der Waals surface area contributed by atoms with Crippen LogP contribution in [0.4, 0.5) is 16.2 Å². The highest BCUT2D eigenvalue weighted by atomic mass is 35.5. The molecule has 2 amide bonds. The van der Waals surface area contributed by atoms with E-state index in [0.29, 0.717) is 23.8 Å². The van der Waals surface area contributed by atoms with Gasteiger partial charge in [0.25, 0.3) is 0 Å². The first-order valence-corrected chi connectivity index (χ1v) is 12.3. The molecule has 8 heteroatoms. The van der Waals surface area contributed by atoms with Crippen molar-refractivity contribution in [3.8, 4) is 0 Å². The van der Waals surface area contributed by atoms with Gasteiger partial charge in [0.15, 0.2) is 0 Å². The predicted molar refractivity (Wildman–Crippen MR) is 126 cm³/mol. The maximum atomic E-state index is 13.5. The average Bonchev–Trinajstić information content (AvgIpc) is 3.07. The number of rotatable bonds is 5. The van der Waals surface area contributed by atoms with E-state index in [9.17, 15) is 19.8 Å². The molecule has 4 rings (SSSR count). The van der Waals surface area contributed by atoms with Crippen LogP contribution in [0.2, 0.25) is 5.02 Å². The molecule has 1 atom stereocenters. The van der Waals surface area contributed by atoms with Crippen molar-refractivity contribution in [1.29, 1.82) is 0 Å². The summed E-state index contributed by atoms with van der Waals surface area (Å²) in [6, 6.07) is 5.67. The number of carboxylic acid groups (broad SMARTS) is 1. The number of carbonyl (C=O) groups is 2. The molecule has 2 aliphatic heterocycles. The number of aliphatic hydroxyl groups is 1. The van der Waals surface area contributed by atoms with E-state index in [1.54, 1.807) is 6.07 Å². The summed E-state index contributed by atoms with van der Waals surface area (Å²) in [5.41, 5.74) is 1.07. The molecule has 0 radical (unpaired) electrons. The first kappa shape index (κ1) is 23.2. The maximum absolute atomic E-state index is 13.5. The molecule has 7 nitrogen and oxygen atoms in total. The van der Waals surface area contributed by atoms with Gasteiger partial charge in [-0.15, -0.1) is 0 Å². The van der Waals surface area contributed by atoms with Crippen LogP contribution in [0, 0.1) is 5.41 Å². The highest BCUT2D eigenvalue weighted by molar-refractivity contribution is 6.33. The number of piperidine rings is 1. The smallest absolute Gasteiger partial charge is 0.411 e. The Morgan fingerprint density at radius 3 is 2.62 bits per heavy atom. The third-order valence-corrected chi connectivity index (χ3v) is 7.79. The van der Waals surface area contributed by atoms with Gasteiger partial charge < -0.3 is 20.0 Å². The summed E-state index contributed by atoms with van der Waals surface area (Å²) in [4.78, 5) is 30.7. The fraction of sp³-hybridized carbons (Fsp3) is 0.667. The van der Waals surface area contributed by atoms with Gasteiger partial charge in [-0.2, -0.15) is 0 Å². The average molecular weight is 464 g/mol. The second-order valence-corrected chi connectivity index (χ2v) is 9.99. The number of carbonyl (C=O) groups excluding carboxylic acids is 1. The fourth-order valence-corrected chi connectivity index (χ4v) is 6.06. The lowest BCUT2D eigenvalue weighted by Gasteiger charge is -2.41. The van der Waals surface area contributed by atoms with Crippen molar-refractivity contribution >= 4 is 35.0 Å². The van der Waals surface area contributed by atoms with E-state index in [1.807, 2.05) is 19.1 Å². The van der Waals surface area contributed by atoms with Crippen LogP contribution in [0.3, 0.4) is 0 Å². The van der Waals surface area contributed by atoms with Crippen molar-refractivity contribution in [2.75, 3.05) is 36.0 Å². The minimum atomic E-state index is -0.987. The Balaban J connectivity index is 1.49. The van der Waals surface area contributed by atoms with Crippen LogP contribution in [0.1, 0.15) is 58.3 Å². The quantitative estimate of drug-likeness (QED) is 0.677. The number of aliphatic hydroxyl groups excluding tert-OH is 1. The van der Waals surface area contributed by atoms with Crippen LogP contribution in [-0.4, -0.2) is 65.4 Å². The highest BCUT2D eigenvalue weighted by Crippen LogP contribution is 2.44. The van der Waals surface area contributed by atoms with Crippen LogP contribution in [-0.2, 0) is 4.79 Å². The summed E-state index contributed by atoms with van der Waals surface area (Å²) in [5.74, 6) is 0.260. The molecule has 176 valence electrons. The molecule has 32 heavy (non-hydrogen) atoms. The van der Waals surface area contributed by atoms with Gasteiger partial charge in [-0.25, -0.2) is 4.79 Å². The monoisotopic (exact) mass is 463 g/mol. The Morgan fingerprint density at radius 1 is 1.22 bits per heavy atom. The molecule has 2 heterocycles. The number of amides is 2. The normalized spacial score (nSPS) is 28.4. The van der Waals surface area contributed by atoms with Gasteiger partial charge in [0, 0.05) is 37.9 Å². The van der Waals surface area contributed by atoms with E-state index >= 15 is 0 Å². The van der Waals surface area contributed by atoms with E-state index in [0.717, 1.165) is 70.1 Å². The molecule has 1 aromatic rings. The third-order valence-electron chi connectivity index (χ3n) is 7.49. The minimum Gasteiger partial charge on any atom is -0.465 e. The van der Waals surface area contributed by atoms with Crippen molar-refractivity contribution in [3.63, 3.8) is 0 Å². The van der Waals surface area contributed by atoms with Gasteiger partial charge in [-0.1, -0.05) is 18.5 Å². The predicted octanol–water partition coefficient (Wildman–Crippen LogP) is 4.36. The van der Waals surface area contributed by atoms with E-state index < -0.39 is 6.09 Å². The van der Waals surface area contributed by atoms with Gasteiger partial charge in [0.1, 0.15) is 0 Å². The zero-order valence-corrected chi connectivity index (χ0v) is 19.6. The van der Waals surface area contributed by atoms with Crippen LogP contribution in [0.5, 0.6) is 0 Å². The van der Waals surface area contributed by atoms with Crippen molar-refractivity contribution in [2.24, 2.45) is 5.41 Å². The summed E-state index contributed by atoms with van der Waals surface area (Å²) in [6.45, 7) is 4.64. The number of nitrogens with zero attached hydrogens (tertiary/aromatic N) is 3. The number of hydrogen-bond acceptors (Lipinski definition) is 4. The van der Waals surface area contributed by atoms with Crippen molar-refractivity contribution < 1.29 is 19.8 Å². The molecule has 2 saturated heterocycles. The Labute approximate surface area is 194 Å². The minimum absolute atomic E-state index is 0.220. The Bertz CT molecular complexity index is 858. The van der Waals surface area contributed by atoms with Crippen molar-refractivity contribution in [2.45, 2.75) is 70.4 Å². The lowest BCUT2D eigenvalue weighted by atomic mass is 9.78. The molecular formula is C24H34ClN3O4.